The normalized spacial score (nSPS) is 34.0. The lowest BCUT2D eigenvalue weighted by Crippen LogP contribution is -2.48. The molecule has 1 fully saturated rings. The summed E-state index contributed by atoms with van der Waals surface area (Å²) in [7, 11) is 0. The van der Waals surface area contributed by atoms with E-state index in [1.54, 1.807) is 0 Å². The molecule has 0 aliphatic carbocycles. The van der Waals surface area contributed by atoms with Crippen molar-refractivity contribution in [3.05, 3.63) is 0 Å². The Balaban J connectivity index is 2.88. The molecule has 1 rings (SSSR count). The van der Waals surface area contributed by atoms with Gasteiger partial charge in [0.1, 0.15) is 0 Å². The molecule has 0 aromatic carbocycles. The third-order valence-corrected chi connectivity index (χ3v) is 3.15. The molecule has 1 aliphatic rings. The fourth-order valence-corrected chi connectivity index (χ4v) is 2.26. The third-order valence-electron chi connectivity index (χ3n) is 3.15. The summed E-state index contributed by atoms with van der Waals surface area (Å²) in [6.07, 6.45) is 0.965. The maximum atomic E-state index is 9.86. The highest BCUT2D eigenvalue weighted by atomic mass is 16.5. The molecule has 1 atom stereocenters. The van der Waals surface area contributed by atoms with Crippen LogP contribution in [0.15, 0.2) is 0 Å². The van der Waals surface area contributed by atoms with Gasteiger partial charge in [-0.3, -0.25) is 0 Å². The minimum atomic E-state index is -0.182. The number of nitrogens with zero attached hydrogens (tertiary/aromatic N) is 1. The van der Waals surface area contributed by atoms with Crippen LogP contribution in [0.1, 0.15) is 34.1 Å². The van der Waals surface area contributed by atoms with Gasteiger partial charge < -0.3 is 10.9 Å². The largest absolute Gasteiger partial charge is 0.330 e. The van der Waals surface area contributed by atoms with Crippen LogP contribution in [0, 0.1) is 5.92 Å². The maximum Gasteiger partial charge on any atom is 0.0451 e. The van der Waals surface area contributed by atoms with Gasteiger partial charge in [-0.1, -0.05) is 0 Å². The second-order valence-electron chi connectivity index (χ2n) is 4.91. The van der Waals surface area contributed by atoms with E-state index in [4.69, 9.17) is 5.73 Å². The van der Waals surface area contributed by atoms with E-state index in [0.717, 1.165) is 6.42 Å². The smallest absolute Gasteiger partial charge is 0.0451 e. The predicted octanol–water partition coefficient (Wildman–Crippen LogP) is 1.21. The fourth-order valence-electron chi connectivity index (χ4n) is 2.26. The zero-order valence-corrected chi connectivity index (χ0v) is 8.46. The zero-order valence-electron chi connectivity index (χ0n) is 8.46. The van der Waals surface area contributed by atoms with Gasteiger partial charge in [-0.2, -0.15) is 5.06 Å². The standard InChI is InChI=1S/C9H20N2O/c1-8(2)5-7(6-10)9(3,4)11(8)12/h7,12H,5-6,10H2,1-4H3/t7-/m0/s1. The Morgan fingerprint density at radius 1 is 1.42 bits per heavy atom. The number of nitrogens with two attached hydrogens (primary N) is 1. The van der Waals surface area contributed by atoms with Crippen LogP contribution in [-0.2, 0) is 0 Å². The monoisotopic (exact) mass is 172 g/mol. The van der Waals surface area contributed by atoms with Gasteiger partial charge >= 0.3 is 0 Å². The summed E-state index contributed by atoms with van der Waals surface area (Å²) in [5.41, 5.74) is 5.34. The Bertz CT molecular complexity index is 177. The van der Waals surface area contributed by atoms with E-state index in [9.17, 15) is 5.21 Å². The van der Waals surface area contributed by atoms with E-state index in [-0.39, 0.29) is 11.1 Å². The maximum absolute atomic E-state index is 9.86. The first-order valence-electron chi connectivity index (χ1n) is 4.51. The zero-order chi connectivity index (χ0) is 9.57. The van der Waals surface area contributed by atoms with Crippen LogP contribution in [-0.4, -0.2) is 27.9 Å². The molecule has 0 amide bonds. The van der Waals surface area contributed by atoms with Crippen molar-refractivity contribution in [2.75, 3.05) is 6.54 Å². The predicted molar refractivity (Wildman–Crippen MR) is 48.9 cm³/mol. The van der Waals surface area contributed by atoms with E-state index in [1.807, 2.05) is 27.7 Å². The first-order chi connectivity index (χ1) is 5.32. The molecular formula is C9H20N2O. The van der Waals surface area contributed by atoms with Gasteiger partial charge in [0.25, 0.3) is 0 Å². The molecule has 0 radical (unpaired) electrons. The summed E-state index contributed by atoms with van der Waals surface area (Å²) < 4.78 is 0. The van der Waals surface area contributed by atoms with Crippen molar-refractivity contribution in [1.82, 2.24) is 5.06 Å². The highest BCUT2D eigenvalue weighted by Crippen LogP contribution is 2.42. The second-order valence-corrected chi connectivity index (χ2v) is 4.91. The Morgan fingerprint density at radius 2 is 1.92 bits per heavy atom. The Kier molecular flexibility index (Phi) is 2.23. The minimum Gasteiger partial charge on any atom is -0.330 e. The van der Waals surface area contributed by atoms with Crippen LogP contribution in [0.5, 0.6) is 0 Å². The first kappa shape index (κ1) is 9.96. The lowest BCUT2D eigenvalue weighted by atomic mass is 9.87. The highest BCUT2D eigenvalue weighted by Gasteiger charge is 2.50. The van der Waals surface area contributed by atoms with Crippen LogP contribution in [0.25, 0.3) is 0 Å². The molecule has 0 saturated carbocycles. The van der Waals surface area contributed by atoms with Gasteiger partial charge in [0.05, 0.1) is 0 Å². The lowest BCUT2D eigenvalue weighted by Gasteiger charge is -2.35. The molecule has 1 heterocycles. The summed E-state index contributed by atoms with van der Waals surface area (Å²) in [5, 5.41) is 11.3. The fraction of sp³-hybridized carbons (Fsp3) is 1.00. The molecule has 72 valence electrons. The number of hydrogen-bond donors (Lipinski definition) is 2. The molecule has 0 bridgehead atoms. The van der Waals surface area contributed by atoms with Crippen molar-refractivity contribution in [2.24, 2.45) is 11.7 Å². The summed E-state index contributed by atoms with van der Waals surface area (Å²) in [4.78, 5) is 0. The van der Waals surface area contributed by atoms with E-state index in [0.29, 0.717) is 12.5 Å². The van der Waals surface area contributed by atoms with Gasteiger partial charge in [0.2, 0.25) is 0 Å². The van der Waals surface area contributed by atoms with Crippen LogP contribution >= 0.6 is 0 Å². The third kappa shape index (κ3) is 1.26. The van der Waals surface area contributed by atoms with E-state index in [1.165, 1.54) is 5.06 Å². The summed E-state index contributed by atoms with van der Waals surface area (Å²) in [5.74, 6) is 0.387. The highest BCUT2D eigenvalue weighted by molar-refractivity contribution is 5.01. The topological polar surface area (TPSA) is 49.5 Å². The van der Waals surface area contributed by atoms with Crippen molar-refractivity contribution < 1.29 is 5.21 Å². The molecule has 3 N–H and O–H groups in total. The van der Waals surface area contributed by atoms with Crippen molar-refractivity contribution in [2.45, 2.75) is 45.2 Å². The van der Waals surface area contributed by atoms with Crippen LogP contribution in [0.4, 0.5) is 0 Å². The van der Waals surface area contributed by atoms with Crippen molar-refractivity contribution >= 4 is 0 Å². The van der Waals surface area contributed by atoms with Crippen LogP contribution in [0.3, 0.4) is 0 Å². The molecule has 3 heteroatoms. The van der Waals surface area contributed by atoms with Gasteiger partial charge in [-0.25, -0.2) is 0 Å². The number of hydrogen-bond acceptors (Lipinski definition) is 3. The molecule has 1 saturated heterocycles. The molecule has 0 unspecified atom stereocenters. The molecule has 3 nitrogen and oxygen atoms in total. The van der Waals surface area contributed by atoms with Gasteiger partial charge in [0.15, 0.2) is 0 Å². The van der Waals surface area contributed by atoms with Crippen LogP contribution < -0.4 is 5.73 Å². The Hall–Kier alpha value is -0.120. The van der Waals surface area contributed by atoms with Gasteiger partial charge in [0, 0.05) is 11.1 Å². The molecule has 0 spiro atoms. The minimum absolute atomic E-state index is 0.131. The Morgan fingerprint density at radius 3 is 2.08 bits per heavy atom. The van der Waals surface area contributed by atoms with Crippen molar-refractivity contribution in [1.29, 1.82) is 0 Å². The average molecular weight is 172 g/mol. The van der Waals surface area contributed by atoms with E-state index >= 15 is 0 Å². The molecule has 12 heavy (non-hydrogen) atoms. The quantitative estimate of drug-likeness (QED) is 0.625. The average Bonchev–Trinajstić information content (AvgIpc) is 2.11. The first-order valence-corrected chi connectivity index (χ1v) is 4.51. The Labute approximate surface area is 74.5 Å². The van der Waals surface area contributed by atoms with Gasteiger partial charge in [-0.05, 0) is 46.6 Å². The summed E-state index contributed by atoms with van der Waals surface area (Å²) >= 11 is 0. The molecule has 0 aromatic heterocycles. The molecule has 0 aromatic rings. The van der Waals surface area contributed by atoms with Gasteiger partial charge in [-0.15, -0.1) is 0 Å². The molecule has 1 aliphatic heterocycles. The number of hydroxylamine groups is 2. The summed E-state index contributed by atoms with van der Waals surface area (Å²) in [6, 6.07) is 0. The summed E-state index contributed by atoms with van der Waals surface area (Å²) in [6.45, 7) is 8.82. The molecular weight excluding hydrogens is 152 g/mol. The second kappa shape index (κ2) is 2.69. The number of rotatable bonds is 1. The van der Waals surface area contributed by atoms with Crippen molar-refractivity contribution in [3.63, 3.8) is 0 Å². The van der Waals surface area contributed by atoms with Crippen LogP contribution in [0.2, 0.25) is 0 Å². The lowest BCUT2D eigenvalue weighted by molar-refractivity contribution is -0.196. The SMILES string of the molecule is CC1(C)C[C@@H](CN)C(C)(C)N1O. The van der Waals surface area contributed by atoms with Crippen molar-refractivity contribution in [3.8, 4) is 0 Å². The van der Waals surface area contributed by atoms with E-state index in [2.05, 4.69) is 0 Å². The van der Waals surface area contributed by atoms with E-state index < -0.39 is 0 Å².